The number of nitrogens with zero attached hydrogens (tertiary/aromatic N) is 1. The van der Waals surface area contributed by atoms with E-state index in [1.165, 1.54) is 0 Å². The highest BCUT2D eigenvalue weighted by atomic mass is 32.1. The van der Waals surface area contributed by atoms with Crippen molar-refractivity contribution in [2.45, 2.75) is 6.54 Å². The monoisotopic (exact) mass is 231 g/mol. The van der Waals surface area contributed by atoms with Crippen molar-refractivity contribution in [3.05, 3.63) is 16.1 Å². The van der Waals surface area contributed by atoms with Gasteiger partial charge in [0.05, 0.1) is 12.2 Å². The van der Waals surface area contributed by atoms with Crippen LogP contribution in [0.4, 0.5) is 0 Å². The molecule has 7 nitrogen and oxygen atoms in total. The predicted molar refractivity (Wildman–Crippen MR) is 51.1 cm³/mol. The molecular formula is C7H9N3O4S. The van der Waals surface area contributed by atoms with Gasteiger partial charge in [-0.3, -0.25) is 9.63 Å². The molecule has 0 spiro atoms. The zero-order valence-corrected chi connectivity index (χ0v) is 8.41. The van der Waals surface area contributed by atoms with Crippen molar-refractivity contribution in [1.29, 1.82) is 0 Å². The van der Waals surface area contributed by atoms with Crippen LogP contribution >= 0.6 is 11.3 Å². The number of amides is 1. The molecule has 15 heavy (non-hydrogen) atoms. The molecule has 0 fully saturated rings. The lowest BCUT2D eigenvalue weighted by Crippen LogP contribution is -2.24. The number of thiazole rings is 1. The van der Waals surface area contributed by atoms with Crippen molar-refractivity contribution in [3.8, 4) is 0 Å². The molecule has 0 saturated carbocycles. The van der Waals surface area contributed by atoms with Crippen molar-refractivity contribution in [2.24, 2.45) is 5.73 Å². The van der Waals surface area contributed by atoms with E-state index in [9.17, 15) is 9.59 Å². The molecule has 1 rings (SSSR count). The predicted octanol–water partition coefficient (Wildman–Crippen LogP) is -0.652. The van der Waals surface area contributed by atoms with Gasteiger partial charge in [0.1, 0.15) is 6.61 Å². The van der Waals surface area contributed by atoms with Gasteiger partial charge in [0, 0.05) is 5.38 Å². The van der Waals surface area contributed by atoms with Crippen LogP contribution in [0.5, 0.6) is 0 Å². The molecule has 1 aromatic rings. The number of nitrogens with two attached hydrogens (primary N) is 1. The highest BCUT2D eigenvalue weighted by molar-refractivity contribution is 7.11. The third-order valence-corrected chi connectivity index (χ3v) is 2.18. The summed E-state index contributed by atoms with van der Waals surface area (Å²) in [5.41, 5.74) is 7.79. The van der Waals surface area contributed by atoms with Gasteiger partial charge in [-0.25, -0.2) is 9.78 Å². The van der Waals surface area contributed by atoms with E-state index in [4.69, 9.17) is 10.8 Å². The summed E-state index contributed by atoms with van der Waals surface area (Å²) in [7, 11) is 0. The lowest BCUT2D eigenvalue weighted by molar-refractivity contribution is -0.125. The minimum atomic E-state index is -1.07. The van der Waals surface area contributed by atoms with Gasteiger partial charge in [-0.15, -0.1) is 11.3 Å². The van der Waals surface area contributed by atoms with Gasteiger partial charge in [-0.2, -0.15) is 5.48 Å². The Morgan fingerprint density at radius 1 is 1.67 bits per heavy atom. The van der Waals surface area contributed by atoms with Crippen LogP contribution < -0.4 is 11.2 Å². The molecule has 8 heteroatoms. The third-order valence-electron chi connectivity index (χ3n) is 1.30. The van der Waals surface area contributed by atoms with E-state index in [1.54, 1.807) is 5.38 Å². The smallest absolute Gasteiger partial charge is 0.365 e. The maximum absolute atomic E-state index is 10.5. The van der Waals surface area contributed by atoms with Gasteiger partial charge >= 0.3 is 5.97 Å². The van der Waals surface area contributed by atoms with Crippen molar-refractivity contribution in [2.75, 3.05) is 6.61 Å². The number of nitrogens with one attached hydrogen (secondary N) is 1. The number of hydrogen-bond acceptors (Lipinski definition) is 6. The first-order valence-electron chi connectivity index (χ1n) is 3.90. The second-order valence-corrected chi connectivity index (χ2v) is 3.38. The van der Waals surface area contributed by atoms with Crippen LogP contribution in [0.25, 0.3) is 0 Å². The molecule has 0 bridgehead atoms. The van der Waals surface area contributed by atoms with Crippen LogP contribution in [0.3, 0.4) is 0 Å². The largest absolute Gasteiger partial charge is 0.476 e. The molecule has 4 N–H and O–H groups in total. The fourth-order valence-corrected chi connectivity index (χ4v) is 1.39. The fraction of sp³-hybridized carbons (Fsp3) is 0.286. The summed E-state index contributed by atoms with van der Waals surface area (Å²) >= 11 is 1.02. The number of carboxylic acid groups (broad SMARTS) is 1. The summed E-state index contributed by atoms with van der Waals surface area (Å²) in [6, 6.07) is 0. The molecule has 0 unspecified atom stereocenters. The molecule has 1 amide bonds. The summed E-state index contributed by atoms with van der Waals surface area (Å²) in [5, 5.41) is 10.2. The number of rotatable bonds is 6. The highest BCUT2D eigenvalue weighted by Gasteiger charge is 2.08. The number of carbonyl (C=O) groups excluding carboxylic acids is 1. The average Bonchev–Trinajstić information content (AvgIpc) is 2.60. The molecule has 0 aliphatic rings. The molecule has 0 radical (unpaired) electrons. The Labute approximate surface area is 88.8 Å². The minimum Gasteiger partial charge on any atom is -0.476 e. The summed E-state index contributed by atoms with van der Waals surface area (Å²) in [6.07, 6.45) is 0. The molecule has 0 aliphatic heterocycles. The number of aromatic nitrogens is 1. The van der Waals surface area contributed by atoms with Crippen molar-refractivity contribution < 1.29 is 19.5 Å². The Kier molecular flexibility index (Phi) is 4.16. The number of primary amides is 1. The van der Waals surface area contributed by atoms with E-state index in [2.05, 4.69) is 15.3 Å². The van der Waals surface area contributed by atoms with Gasteiger partial charge in [0.2, 0.25) is 10.9 Å². The molecular weight excluding hydrogens is 222 g/mol. The Balaban J connectivity index is 2.31. The molecule has 0 atom stereocenters. The normalized spacial score (nSPS) is 10.1. The fourth-order valence-electron chi connectivity index (χ4n) is 0.734. The SMILES string of the molecule is NC(=O)CONCc1csc(C(=O)O)n1. The van der Waals surface area contributed by atoms with E-state index in [0.29, 0.717) is 5.69 Å². The van der Waals surface area contributed by atoms with E-state index in [1.807, 2.05) is 0 Å². The van der Waals surface area contributed by atoms with Crippen LogP contribution in [0.15, 0.2) is 5.38 Å². The Morgan fingerprint density at radius 2 is 2.40 bits per heavy atom. The molecule has 1 heterocycles. The van der Waals surface area contributed by atoms with Gasteiger partial charge in [0.25, 0.3) is 0 Å². The van der Waals surface area contributed by atoms with E-state index >= 15 is 0 Å². The number of carbonyl (C=O) groups is 2. The van der Waals surface area contributed by atoms with Gasteiger partial charge in [-0.05, 0) is 0 Å². The first kappa shape index (κ1) is 11.6. The van der Waals surface area contributed by atoms with E-state index in [0.717, 1.165) is 11.3 Å². The standard InChI is InChI=1S/C7H9N3O4S/c8-5(11)2-14-9-1-4-3-15-6(10-4)7(12)13/h3,9H,1-2H2,(H2,8,11)(H,12,13). The topological polar surface area (TPSA) is 115 Å². The lowest BCUT2D eigenvalue weighted by atomic mass is 10.5. The molecule has 0 aliphatic carbocycles. The number of carboxylic acids is 1. The zero-order chi connectivity index (χ0) is 11.3. The third kappa shape index (κ3) is 4.02. The van der Waals surface area contributed by atoms with Crippen molar-refractivity contribution in [3.63, 3.8) is 0 Å². The summed E-state index contributed by atoms with van der Waals surface area (Å²) in [4.78, 5) is 29.2. The van der Waals surface area contributed by atoms with Crippen molar-refractivity contribution >= 4 is 23.2 Å². The van der Waals surface area contributed by atoms with Crippen LogP contribution in [-0.2, 0) is 16.2 Å². The molecule has 0 saturated heterocycles. The molecule has 1 aromatic heterocycles. The Hall–Kier alpha value is -1.51. The lowest BCUT2D eigenvalue weighted by Gasteiger charge is -2.00. The van der Waals surface area contributed by atoms with E-state index < -0.39 is 11.9 Å². The maximum atomic E-state index is 10.5. The Bertz CT molecular complexity index is 365. The molecule has 0 aromatic carbocycles. The maximum Gasteiger partial charge on any atom is 0.365 e. The van der Waals surface area contributed by atoms with Gasteiger partial charge in [-0.1, -0.05) is 0 Å². The first-order valence-corrected chi connectivity index (χ1v) is 4.78. The minimum absolute atomic E-state index is 0.0155. The quantitative estimate of drug-likeness (QED) is 0.442. The second-order valence-electron chi connectivity index (χ2n) is 2.53. The van der Waals surface area contributed by atoms with Crippen LogP contribution in [0.1, 0.15) is 15.5 Å². The van der Waals surface area contributed by atoms with Crippen molar-refractivity contribution in [1.82, 2.24) is 10.5 Å². The van der Waals surface area contributed by atoms with Gasteiger partial charge < -0.3 is 10.8 Å². The van der Waals surface area contributed by atoms with Crippen LogP contribution in [-0.4, -0.2) is 28.6 Å². The summed E-state index contributed by atoms with van der Waals surface area (Å²) in [6.45, 7) is -0.0208. The highest BCUT2D eigenvalue weighted by Crippen LogP contribution is 2.08. The zero-order valence-electron chi connectivity index (χ0n) is 7.60. The molecule has 82 valence electrons. The summed E-state index contributed by atoms with van der Waals surface area (Å²) < 4.78 is 0. The average molecular weight is 231 g/mol. The number of hydrogen-bond donors (Lipinski definition) is 3. The number of hydroxylamine groups is 1. The second kappa shape index (κ2) is 5.39. The first-order chi connectivity index (χ1) is 7.09. The Morgan fingerprint density at radius 3 is 2.93 bits per heavy atom. The summed E-state index contributed by atoms with van der Waals surface area (Å²) in [5.74, 6) is -1.66. The number of aromatic carboxylic acids is 1. The van der Waals surface area contributed by atoms with Crippen LogP contribution in [0.2, 0.25) is 0 Å². The van der Waals surface area contributed by atoms with E-state index in [-0.39, 0.29) is 18.2 Å². The van der Waals surface area contributed by atoms with Gasteiger partial charge in [0.15, 0.2) is 0 Å². The van der Waals surface area contributed by atoms with Crippen LogP contribution in [0, 0.1) is 0 Å².